The first-order valence-electron chi connectivity index (χ1n) is 22.5. The van der Waals surface area contributed by atoms with Crippen LogP contribution in [0.1, 0.15) is 63.9 Å². The van der Waals surface area contributed by atoms with Crippen LogP contribution < -0.4 is 14.8 Å². The number of fused-ring (bicyclic) bond motifs is 3. The Kier molecular flexibility index (Phi) is 12.7. The second-order valence-electron chi connectivity index (χ2n) is 17.4. The highest BCUT2D eigenvalue weighted by atomic mass is 35.5. The highest BCUT2D eigenvalue weighted by Gasteiger charge is 2.31. The lowest BCUT2D eigenvalue weighted by molar-refractivity contribution is -0.135. The fraction of sp³-hybridized carbons (Fsp3) is 0.333. The zero-order chi connectivity index (χ0) is 47.1. The van der Waals surface area contributed by atoms with Crippen molar-refractivity contribution in [2.45, 2.75) is 58.9 Å². The smallest absolute Gasteiger partial charge is 0.352 e. The topological polar surface area (TPSA) is 161 Å². The number of halogens is 2. The van der Waals surface area contributed by atoms with Gasteiger partial charge in [-0.1, -0.05) is 29.8 Å². The lowest BCUT2D eigenvalue weighted by atomic mass is 9.89. The average Bonchev–Trinajstić information content (AvgIpc) is 3.76. The van der Waals surface area contributed by atoms with Gasteiger partial charge in [-0.15, -0.1) is 0 Å². The molecule has 14 nitrogen and oxygen atoms in total. The van der Waals surface area contributed by atoms with Crippen LogP contribution in [0, 0.1) is 26.6 Å². The van der Waals surface area contributed by atoms with Gasteiger partial charge in [0, 0.05) is 97.5 Å². The van der Waals surface area contributed by atoms with E-state index in [2.05, 4.69) is 15.3 Å². The number of carbonyl (C=O) groups excluding carboxylic acids is 3. The zero-order valence-electron chi connectivity index (χ0n) is 37.8. The van der Waals surface area contributed by atoms with E-state index in [1.165, 1.54) is 12.1 Å². The number of carbonyl (C=O) groups is 4. The minimum atomic E-state index is -1.05. The minimum absolute atomic E-state index is 0.147. The number of carboxylic acids is 1. The molecule has 3 amide bonds. The van der Waals surface area contributed by atoms with Gasteiger partial charge in [0.2, 0.25) is 11.8 Å². The molecule has 2 aliphatic heterocycles. The van der Waals surface area contributed by atoms with E-state index in [0.717, 1.165) is 55.1 Å². The van der Waals surface area contributed by atoms with Gasteiger partial charge in [0.25, 0.3) is 5.91 Å². The fourth-order valence-electron chi connectivity index (χ4n) is 9.76. The summed E-state index contributed by atoms with van der Waals surface area (Å²) in [5.74, 6) is -1.40. The number of carboxylic acid groups (broad SMARTS) is 1. The number of piperazine rings is 1. The number of amides is 3. The minimum Gasteiger partial charge on any atom is -0.493 e. The summed E-state index contributed by atoms with van der Waals surface area (Å²) in [6.07, 6.45) is 1.66. The second kappa shape index (κ2) is 18.8. The van der Waals surface area contributed by atoms with E-state index >= 15 is 0 Å². The molecule has 67 heavy (non-hydrogen) atoms. The summed E-state index contributed by atoms with van der Waals surface area (Å²) in [6, 6.07) is 21.2. The molecule has 1 atom stereocenters. The van der Waals surface area contributed by atoms with E-state index in [1.54, 1.807) is 27.8 Å². The third-order valence-corrected chi connectivity index (χ3v) is 13.5. The van der Waals surface area contributed by atoms with Crippen molar-refractivity contribution in [2.75, 3.05) is 45.9 Å². The maximum absolute atomic E-state index is 13.9. The van der Waals surface area contributed by atoms with Crippen molar-refractivity contribution >= 4 is 67.9 Å². The number of nitrogens with zero attached hydrogens (tertiary/aromatic N) is 6. The maximum Gasteiger partial charge on any atom is 0.352 e. The lowest BCUT2D eigenvalue weighted by Crippen LogP contribution is -2.50. The quantitative estimate of drug-likeness (QED) is 0.0811. The number of benzene rings is 4. The van der Waals surface area contributed by atoms with Gasteiger partial charge in [-0.2, -0.15) is 5.10 Å². The van der Waals surface area contributed by atoms with Crippen LogP contribution in [-0.4, -0.2) is 104 Å². The summed E-state index contributed by atoms with van der Waals surface area (Å²) in [5, 5.41) is 21.7. The van der Waals surface area contributed by atoms with Gasteiger partial charge in [-0.25, -0.2) is 9.18 Å². The molecule has 2 saturated heterocycles. The van der Waals surface area contributed by atoms with Crippen molar-refractivity contribution in [1.82, 2.24) is 34.4 Å². The zero-order valence-corrected chi connectivity index (χ0v) is 38.6. The first-order valence-corrected chi connectivity index (χ1v) is 22.9. The Morgan fingerprint density at radius 2 is 1.69 bits per heavy atom. The Morgan fingerprint density at radius 1 is 0.896 bits per heavy atom. The molecule has 5 heterocycles. The third kappa shape index (κ3) is 9.05. The van der Waals surface area contributed by atoms with Crippen LogP contribution >= 0.6 is 11.6 Å². The number of imide groups is 1. The van der Waals surface area contributed by atoms with Crippen LogP contribution in [0.15, 0.2) is 72.8 Å². The molecule has 2 fully saturated rings. The van der Waals surface area contributed by atoms with Gasteiger partial charge < -0.3 is 24.0 Å². The summed E-state index contributed by atoms with van der Waals surface area (Å²) in [7, 11) is 1.88. The van der Waals surface area contributed by atoms with Gasteiger partial charge in [-0.3, -0.25) is 34.3 Å². The van der Waals surface area contributed by atoms with Crippen molar-refractivity contribution < 1.29 is 38.1 Å². The number of rotatable bonds is 14. The number of aromatic carboxylic acids is 1. The molecule has 0 spiro atoms. The molecule has 0 aliphatic carbocycles. The Hall–Kier alpha value is -6.84. The number of aryl methyl sites for hydroxylation is 4. The Morgan fingerprint density at radius 3 is 2.43 bits per heavy atom. The first kappa shape index (κ1) is 45.3. The molecule has 2 aliphatic rings. The molecule has 0 saturated carbocycles. The largest absolute Gasteiger partial charge is 0.493 e. The standard InChI is InChI=1S/C51H51ClFN7O7/c1-29-40(39-15-17-44(61)55-50(39)63)26-33-10-12-35(27-42(33)54-29)67-28-45(62)59-21-18-58(19-22-59)20-23-60-48-38(14-16-41(52)47(48)46-30(2)56-57(4)31(46)3)37(49(60)51(64)65)8-6-24-66-43-9-5-7-32-25-34(53)11-13-36(32)43/h5,7,9-14,16,25-27,39H,6,8,15,17-24,28H2,1-4H3,(H,64,65)(H,55,61,63). The van der Waals surface area contributed by atoms with Crippen LogP contribution in [0.5, 0.6) is 11.5 Å². The first-order chi connectivity index (χ1) is 32.2. The van der Waals surface area contributed by atoms with Gasteiger partial charge in [0.05, 0.1) is 34.3 Å². The highest BCUT2D eigenvalue weighted by molar-refractivity contribution is 6.35. The van der Waals surface area contributed by atoms with Crippen LogP contribution in [0.3, 0.4) is 0 Å². The molecular weight excluding hydrogens is 877 g/mol. The van der Waals surface area contributed by atoms with Crippen LogP contribution in [0.2, 0.25) is 5.02 Å². The average molecular weight is 928 g/mol. The Labute approximate surface area is 391 Å². The van der Waals surface area contributed by atoms with Gasteiger partial charge in [0.1, 0.15) is 23.0 Å². The lowest BCUT2D eigenvalue weighted by Gasteiger charge is -2.34. The monoisotopic (exact) mass is 927 g/mol. The molecule has 9 rings (SSSR count). The molecule has 0 radical (unpaired) electrons. The predicted molar refractivity (Wildman–Crippen MR) is 253 cm³/mol. The molecule has 7 aromatic rings. The van der Waals surface area contributed by atoms with Gasteiger partial charge >= 0.3 is 5.97 Å². The molecule has 4 aromatic carbocycles. The van der Waals surface area contributed by atoms with Crippen LogP contribution in [-0.2, 0) is 34.4 Å². The van der Waals surface area contributed by atoms with E-state index < -0.39 is 11.9 Å². The second-order valence-corrected chi connectivity index (χ2v) is 17.8. The number of aromatic nitrogens is 4. The van der Waals surface area contributed by atoms with Gasteiger partial charge in [0.15, 0.2) is 6.61 Å². The number of piperidine rings is 1. The summed E-state index contributed by atoms with van der Waals surface area (Å²) >= 11 is 7.06. The van der Waals surface area contributed by atoms with Crippen LogP contribution in [0.25, 0.3) is 43.7 Å². The van der Waals surface area contributed by atoms with Gasteiger partial charge in [-0.05, 0) is 105 Å². The number of hydrogen-bond acceptors (Lipinski definition) is 9. The molecule has 16 heteroatoms. The van der Waals surface area contributed by atoms with E-state index in [1.807, 2.05) is 74.9 Å². The number of hydrogen-bond donors (Lipinski definition) is 2. The third-order valence-electron chi connectivity index (χ3n) is 13.2. The Balaban J connectivity index is 0.887. The predicted octanol–water partition coefficient (Wildman–Crippen LogP) is 7.91. The summed E-state index contributed by atoms with van der Waals surface area (Å²) in [4.78, 5) is 59.8. The summed E-state index contributed by atoms with van der Waals surface area (Å²) in [6.45, 7) is 8.91. The normalized spacial score (nSPS) is 15.7. The number of nitrogens with one attached hydrogen (secondary N) is 1. The van der Waals surface area contributed by atoms with Crippen LogP contribution in [0.4, 0.5) is 4.39 Å². The molecule has 1 unspecified atom stereocenters. The summed E-state index contributed by atoms with van der Waals surface area (Å²) < 4.78 is 29.8. The van der Waals surface area contributed by atoms with Crippen molar-refractivity contribution in [3.8, 4) is 22.6 Å². The van der Waals surface area contributed by atoms with Crippen molar-refractivity contribution in [1.29, 1.82) is 0 Å². The molecule has 3 aromatic heterocycles. The van der Waals surface area contributed by atoms with Crippen molar-refractivity contribution in [2.24, 2.45) is 7.05 Å². The van der Waals surface area contributed by atoms with Crippen molar-refractivity contribution in [3.63, 3.8) is 0 Å². The van der Waals surface area contributed by atoms with E-state index in [0.29, 0.717) is 98.4 Å². The SMILES string of the molecule is Cc1nc2cc(OCC(=O)N3CCN(CCn4c(C(=O)O)c(CCCOc5cccc6cc(F)ccc56)c5ccc(Cl)c(-c6c(C)nn(C)c6C)c54)CC3)ccc2cc1C1CCC(=O)NC1=O. The van der Waals surface area contributed by atoms with E-state index in [-0.39, 0.29) is 42.3 Å². The number of ether oxygens (including phenoxy) is 2. The van der Waals surface area contributed by atoms with E-state index in [9.17, 15) is 28.7 Å². The molecule has 346 valence electrons. The summed E-state index contributed by atoms with van der Waals surface area (Å²) in [5.41, 5.74) is 7.05. The molecule has 0 bridgehead atoms. The molecular formula is C51H51ClFN7O7. The Bertz CT molecular complexity index is 3120. The van der Waals surface area contributed by atoms with E-state index in [4.69, 9.17) is 26.1 Å². The van der Waals surface area contributed by atoms with Crippen molar-refractivity contribution in [3.05, 3.63) is 118 Å². The molecule has 2 N–H and O–H groups in total. The maximum atomic E-state index is 13.9. The fourth-order valence-corrected chi connectivity index (χ4v) is 10.0. The highest BCUT2D eigenvalue weighted by Crippen LogP contribution is 2.42. The number of pyridine rings is 1.